The molecule has 2 aliphatic rings. The van der Waals surface area contributed by atoms with Crippen LogP contribution in [0.15, 0.2) is 12.5 Å². The number of aromatic amines is 1. The predicted octanol–water partition coefficient (Wildman–Crippen LogP) is -0.443. The number of nitrogens with zero attached hydrogens (tertiary/aromatic N) is 2. The lowest BCUT2D eigenvalue weighted by atomic mass is 9.86. The van der Waals surface area contributed by atoms with Crippen LogP contribution in [-0.2, 0) is 25.6 Å². The van der Waals surface area contributed by atoms with E-state index in [0.29, 0.717) is 37.8 Å². The maximum Gasteiger partial charge on any atom is 0.338 e. The second kappa shape index (κ2) is 7.69. The molecule has 4 atom stereocenters. The van der Waals surface area contributed by atoms with Gasteiger partial charge in [-0.2, -0.15) is 4.48 Å². The Morgan fingerprint density at radius 2 is 2.07 bits per heavy atom. The Morgan fingerprint density at radius 1 is 1.30 bits per heavy atom. The van der Waals surface area contributed by atoms with E-state index in [-0.39, 0.29) is 31.1 Å². The highest BCUT2D eigenvalue weighted by Crippen LogP contribution is 2.35. The Labute approximate surface area is 157 Å². The van der Waals surface area contributed by atoms with Crippen LogP contribution in [0.2, 0.25) is 0 Å². The van der Waals surface area contributed by atoms with Crippen LogP contribution < -0.4 is 11.5 Å². The number of nitrogens with two attached hydrogens (primary N) is 2. The van der Waals surface area contributed by atoms with Crippen molar-refractivity contribution in [2.45, 2.75) is 57.0 Å². The van der Waals surface area contributed by atoms with Gasteiger partial charge in [-0.25, -0.2) is 14.6 Å². The minimum absolute atomic E-state index is 0.0155. The highest BCUT2D eigenvalue weighted by atomic mass is 16.2. The highest BCUT2D eigenvalue weighted by Gasteiger charge is 2.59. The van der Waals surface area contributed by atoms with Crippen molar-refractivity contribution >= 4 is 23.5 Å². The molecule has 1 aromatic heterocycles. The van der Waals surface area contributed by atoms with Crippen molar-refractivity contribution in [2.75, 3.05) is 6.54 Å². The number of Topliss-reactive ketones (excluding diaryl/α,β-unsaturated/α-hetero) is 1. The van der Waals surface area contributed by atoms with Gasteiger partial charge in [-0.05, 0) is 12.8 Å². The fraction of sp³-hybridized carbons (Fsp3) is 0.611. The van der Waals surface area contributed by atoms with Crippen LogP contribution in [0, 0.1) is 5.92 Å². The van der Waals surface area contributed by atoms with Gasteiger partial charge >= 0.3 is 11.8 Å². The molecule has 3 amide bonds. The third-order valence-electron chi connectivity index (χ3n) is 5.78. The maximum absolute atomic E-state index is 13.4. The zero-order valence-electron chi connectivity index (χ0n) is 15.2. The molecule has 9 heteroatoms. The van der Waals surface area contributed by atoms with E-state index in [4.69, 9.17) is 11.5 Å². The fourth-order valence-electron chi connectivity index (χ4n) is 4.48. The molecule has 0 bridgehead atoms. The number of quaternary nitrogens is 1. The smallest absolute Gasteiger partial charge is 0.338 e. The van der Waals surface area contributed by atoms with E-state index in [1.165, 1.54) is 6.33 Å². The molecule has 9 nitrogen and oxygen atoms in total. The van der Waals surface area contributed by atoms with Crippen LogP contribution in [-0.4, -0.2) is 56.6 Å². The average molecular weight is 376 g/mol. The summed E-state index contributed by atoms with van der Waals surface area (Å²) in [7, 11) is 0. The second-order valence-corrected chi connectivity index (χ2v) is 7.55. The van der Waals surface area contributed by atoms with E-state index in [0.717, 1.165) is 0 Å². The summed E-state index contributed by atoms with van der Waals surface area (Å²) in [5.74, 6) is -2.11. The maximum atomic E-state index is 13.4. The Hall–Kier alpha value is -2.39. The van der Waals surface area contributed by atoms with Crippen molar-refractivity contribution in [3.05, 3.63) is 18.2 Å². The van der Waals surface area contributed by atoms with E-state index >= 15 is 0 Å². The van der Waals surface area contributed by atoms with Gasteiger partial charge in [0, 0.05) is 44.0 Å². The van der Waals surface area contributed by atoms with E-state index in [9.17, 15) is 19.2 Å². The SMILES string of the molecule is NC(=O)[C@@H]1CCC[N+]1(C(=O)C1CCCC(=O)C1)C(=O)[C@@H](N)Cc1cnc[nH]1. The van der Waals surface area contributed by atoms with E-state index in [2.05, 4.69) is 9.97 Å². The third kappa shape index (κ3) is 3.57. The molecule has 2 fully saturated rings. The minimum atomic E-state index is -0.978. The normalized spacial score (nSPS) is 29.4. The van der Waals surface area contributed by atoms with Crippen molar-refractivity contribution < 1.29 is 23.7 Å². The molecule has 1 aromatic rings. The summed E-state index contributed by atoms with van der Waals surface area (Å²) < 4.78 is -0.650. The van der Waals surface area contributed by atoms with Gasteiger partial charge in [0.1, 0.15) is 11.8 Å². The molecule has 1 aliphatic heterocycles. The molecule has 0 aromatic carbocycles. The number of nitrogens with one attached hydrogen (secondary N) is 1. The summed E-state index contributed by atoms with van der Waals surface area (Å²) in [6.45, 7) is 0.201. The molecule has 0 radical (unpaired) electrons. The number of carbonyl (C=O) groups is 4. The molecule has 2 unspecified atom stereocenters. The van der Waals surface area contributed by atoms with Gasteiger partial charge in [0.2, 0.25) is 0 Å². The van der Waals surface area contributed by atoms with E-state index in [1.807, 2.05) is 0 Å². The highest BCUT2D eigenvalue weighted by molar-refractivity contribution is 5.95. The first-order valence-electron chi connectivity index (χ1n) is 9.36. The van der Waals surface area contributed by atoms with Crippen molar-refractivity contribution in [1.29, 1.82) is 0 Å². The van der Waals surface area contributed by atoms with Gasteiger partial charge in [-0.15, -0.1) is 0 Å². The molecule has 3 rings (SSSR count). The average Bonchev–Trinajstić information content (AvgIpc) is 3.30. The quantitative estimate of drug-likeness (QED) is 0.593. The predicted molar refractivity (Wildman–Crippen MR) is 94.6 cm³/mol. The number of ketones is 1. The number of hydrogen-bond donors (Lipinski definition) is 3. The summed E-state index contributed by atoms with van der Waals surface area (Å²) in [6, 6.07) is -1.90. The Morgan fingerprint density at radius 3 is 2.70 bits per heavy atom. The molecule has 2 heterocycles. The molecule has 5 N–H and O–H groups in total. The van der Waals surface area contributed by atoms with Crippen LogP contribution in [0.25, 0.3) is 0 Å². The Kier molecular flexibility index (Phi) is 5.52. The van der Waals surface area contributed by atoms with E-state index < -0.39 is 34.3 Å². The van der Waals surface area contributed by atoms with Gasteiger partial charge in [-0.1, -0.05) is 0 Å². The van der Waals surface area contributed by atoms with Crippen LogP contribution in [0.3, 0.4) is 0 Å². The van der Waals surface area contributed by atoms with Crippen molar-refractivity contribution in [2.24, 2.45) is 17.4 Å². The monoisotopic (exact) mass is 376 g/mol. The first kappa shape index (κ1) is 19.4. The van der Waals surface area contributed by atoms with Crippen LogP contribution in [0.5, 0.6) is 0 Å². The van der Waals surface area contributed by atoms with Gasteiger partial charge in [0.15, 0.2) is 6.04 Å². The van der Waals surface area contributed by atoms with Gasteiger partial charge in [0.25, 0.3) is 5.91 Å². The lowest BCUT2D eigenvalue weighted by Crippen LogP contribution is -2.68. The molecule has 146 valence electrons. The fourth-order valence-corrected chi connectivity index (χ4v) is 4.48. The second-order valence-electron chi connectivity index (χ2n) is 7.55. The van der Waals surface area contributed by atoms with Crippen molar-refractivity contribution in [3.8, 4) is 0 Å². The number of H-pyrrole nitrogens is 1. The standard InChI is InChI=1S/C18H25N5O4/c19-14(8-12-9-21-10-22-12)18(27)23(6-2-5-15(23)16(20)25)17(26)11-3-1-4-13(24)7-11/h9-11,14-15H,1-8,19H2,(H2-,20,21,22,25)/p+1/t11?,14-,15-,23?/m0/s1. The van der Waals surface area contributed by atoms with E-state index in [1.54, 1.807) is 6.20 Å². The van der Waals surface area contributed by atoms with Crippen LogP contribution in [0.1, 0.15) is 44.2 Å². The first-order chi connectivity index (χ1) is 12.9. The molecular formula is C18H26N5O4+. The molecular weight excluding hydrogens is 350 g/mol. The topological polar surface area (TPSA) is 149 Å². The number of likely N-dealkylation sites (tertiary alicyclic amines) is 1. The summed E-state index contributed by atoms with van der Waals surface area (Å²) in [5, 5.41) is 0. The third-order valence-corrected chi connectivity index (χ3v) is 5.78. The number of hydrogen-bond acceptors (Lipinski definition) is 6. The van der Waals surface area contributed by atoms with Crippen LogP contribution >= 0.6 is 0 Å². The first-order valence-corrected chi connectivity index (χ1v) is 9.36. The van der Waals surface area contributed by atoms with Gasteiger partial charge < -0.3 is 16.5 Å². The van der Waals surface area contributed by atoms with Gasteiger partial charge in [-0.3, -0.25) is 9.59 Å². The summed E-state index contributed by atoms with van der Waals surface area (Å²) >= 11 is 0. The van der Waals surface area contributed by atoms with Crippen molar-refractivity contribution in [1.82, 2.24) is 9.97 Å². The molecule has 0 spiro atoms. The number of amides is 3. The lowest BCUT2D eigenvalue weighted by Gasteiger charge is -2.37. The largest absolute Gasteiger partial charge is 0.364 e. The minimum Gasteiger partial charge on any atom is -0.364 e. The molecule has 1 aliphatic carbocycles. The molecule has 27 heavy (non-hydrogen) atoms. The Balaban J connectivity index is 1.92. The van der Waals surface area contributed by atoms with Crippen LogP contribution in [0.4, 0.5) is 0 Å². The molecule has 1 saturated heterocycles. The van der Waals surface area contributed by atoms with Gasteiger partial charge in [0.05, 0.1) is 18.8 Å². The molecule has 1 saturated carbocycles. The summed E-state index contributed by atoms with van der Waals surface area (Å²) in [6.07, 6.45) is 5.86. The number of rotatable bonds is 5. The zero-order valence-corrected chi connectivity index (χ0v) is 15.2. The number of carbonyl (C=O) groups excluding carboxylic acids is 4. The summed E-state index contributed by atoms with van der Waals surface area (Å²) in [4.78, 5) is 57.6. The number of imide groups is 1. The number of imidazole rings is 1. The number of primary amides is 1. The Bertz CT molecular complexity index is 747. The number of aromatic nitrogens is 2. The zero-order chi connectivity index (χ0) is 19.6. The van der Waals surface area contributed by atoms with Crippen molar-refractivity contribution in [3.63, 3.8) is 0 Å². The summed E-state index contributed by atoms with van der Waals surface area (Å²) in [5.41, 5.74) is 12.4. The lowest BCUT2D eigenvalue weighted by molar-refractivity contribution is -0.784.